The van der Waals surface area contributed by atoms with Gasteiger partial charge in [-0.05, 0) is 50.8 Å². The fraction of sp³-hybridized carbons (Fsp3) is 0.375. The molecule has 1 aromatic carbocycles. The van der Waals surface area contributed by atoms with Crippen LogP contribution in [-0.4, -0.2) is 16.5 Å². The second-order valence-electron chi connectivity index (χ2n) is 5.17. The summed E-state index contributed by atoms with van der Waals surface area (Å²) in [6, 6.07) is 6.27. The summed E-state index contributed by atoms with van der Waals surface area (Å²) in [5, 5.41) is 3.38. The molecule has 20 heavy (non-hydrogen) atoms. The maximum absolute atomic E-state index is 4.77. The van der Waals surface area contributed by atoms with Crippen LogP contribution in [0.4, 0.5) is 5.82 Å². The van der Waals surface area contributed by atoms with E-state index in [-0.39, 0.29) is 0 Å². The monoisotopic (exact) mass is 331 g/mol. The third kappa shape index (κ3) is 2.44. The number of hydrogen-bond acceptors (Lipinski definition) is 3. The predicted octanol–water partition coefficient (Wildman–Crippen LogP) is 4.14. The van der Waals surface area contributed by atoms with Gasteiger partial charge in [-0.2, -0.15) is 0 Å². The van der Waals surface area contributed by atoms with Crippen LogP contribution in [0.5, 0.6) is 0 Å². The van der Waals surface area contributed by atoms with Crippen LogP contribution in [0.2, 0.25) is 0 Å². The summed E-state index contributed by atoms with van der Waals surface area (Å²) in [6.07, 6.45) is 3.35. The summed E-state index contributed by atoms with van der Waals surface area (Å²) in [7, 11) is 0. The molecule has 2 aromatic rings. The first-order valence-electron chi connectivity index (χ1n) is 7.09. The van der Waals surface area contributed by atoms with Crippen LogP contribution >= 0.6 is 15.9 Å². The van der Waals surface area contributed by atoms with Crippen molar-refractivity contribution in [1.82, 2.24) is 9.97 Å². The predicted molar refractivity (Wildman–Crippen MR) is 86.1 cm³/mol. The molecule has 3 rings (SSSR count). The molecule has 0 radical (unpaired) electrons. The lowest BCUT2D eigenvalue weighted by molar-refractivity contribution is 0.900. The average molecular weight is 332 g/mol. The Kier molecular flexibility index (Phi) is 3.74. The van der Waals surface area contributed by atoms with Crippen LogP contribution in [0, 0.1) is 6.92 Å². The molecule has 0 amide bonds. The molecule has 0 atom stereocenters. The summed E-state index contributed by atoms with van der Waals surface area (Å²) < 4.78 is 1.12. The molecule has 0 unspecified atom stereocenters. The van der Waals surface area contributed by atoms with Gasteiger partial charge in [0.2, 0.25) is 0 Å². The van der Waals surface area contributed by atoms with Crippen LogP contribution in [0.25, 0.3) is 11.4 Å². The molecule has 0 bridgehead atoms. The number of hydrogen-bond donors (Lipinski definition) is 1. The summed E-state index contributed by atoms with van der Waals surface area (Å²) in [4.78, 5) is 9.51. The van der Waals surface area contributed by atoms with Gasteiger partial charge in [-0.3, -0.25) is 0 Å². The zero-order valence-electron chi connectivity index (χ0n) is 11.8. The van der Waals surface area contributed by atoms with Gasteiger partial charge in [-0.25, -0.2) is 9.97 Å². The summed E-state index contributed by atoms with van der Waals surface area (Å²) in [5.74, 6) is 1.85. The Labute approximate surface area is 128 Å². The fourth-order valence-corrected chi connectivity index (χ4v) is 2.91. The number of nitrogens with zero attached hydrogens (tertiary/aromatic N) is 2. The van der Waals surface area contributed by atoms with Gasteiger partial charge in [0.15, 0.2) is 5.82 Å². The van der Waals surface area contributed by atoms with Gasteiger partial charge in [0, 0.05) is 27.8 Å². The average Bonchev–Trinajstić information content (AvgIpc) is 2.90. The van der Waals surface area contributed by atoms with Gasteiger partial charge >= 0.3 is 0 Å². The Bertz CT molecular complexity index is 652. The molecule has 0 spiro atoms. The van der Waals surface area contributed by atoms with E-state index in [1.165, 1.54) is 23.2 Å². The zero-order valence-corrected chi connectivity index (χ0v) is 13.4. The van der Waals surface area contributed by atoms with Gasteiger partial charge in [-0.15, -0.1) is 0 Å². The largest absolute Gasteiger partial charge is 0.370 e. The molecule has 4 heteroatoms. The Morgan fingerprint density at radius 2 is 2.10 bits per heavy atom. The van der Waals surface area contributed by atoms with Gasteiger partial charge in [0.05, 0.1) is 0 Å². The number of fused-ring (bicyclic) bond motifs is 1. The lowest BCUT2D eigenvalue weighted by Gasteiger charge is -2.11. The van der Waals surface area contributed by atoms with Gasteiger partial charge < -0.3 is 5.32 Å². The quantitative estimate of drug-likeness (QED) is 0.918. The topological polar surface area (TPSA) is 37.8 Å². The highest BCUT2D eigenvalue weighted by Crippen LogP contribution is 2.30. The highest BCUT2D eigenvalue weighted by atomic mass is 79.9. The molecular formula is C16H18BrN3. The molecule has 3 nitrogen and oxygen atoms in total. The minimum Gasteiger partial charge on any atom is -0.370 e. The van der Waals surface area contributed by atoms with Crippen LogP contribution in [0.1, 0.15) is 30.2 Å². The highest BCUT2D eigenvalue weighted by molar-refractivity contribution is 9.10. The minimum absolute atomic E-state index is 0.831. The van der Waals surface area contributed by atoms with Gasteiger partial charge in [0.1, 0.15) is 5.82 Å². The van der Waals surface area contributed by atoms with Crippen LogP contribution in [0.15, 0.2) is 22.7 Å². The third-order valence-corrected chi connectivity index (χ3v) is 4.58. The number of nitrogens with one attached hydrogen (secondary N) is 1. The van der Waals surface area contributed by atoms with Crippen molar-refractivity contribution in [2.45, 2.75) is 33.1 Å². The van der Waals surface area contributed by atoms with Crippen molar-refractivity contribution in [2.75, 3.05) is 11.9 Å². The van der Waals surface area contributed by atoms with E-state index in [1.807, 2.05) is 0 Å². The summed E-state index contributed by atoms with van der Waals surface area (Å²) in [5.41, 5.74) is 4.81. The second kappa shape index (κ2) is 5.52. The molecule has 1 aromatic heterocycles. The normalized spacial score (nSPS) is 13.3. The Morgan fingerprint density at radius 1 is 1.25 bits per heavy atom. The molecule has 1 aliphatic rings. The molecule has 1 aliphatic carbocycles. The second-order valence-corrected chi connectivity index (χ2v) is 6.02. The van der Waals surface area contributed by atoms with Crippen molar-refractivity contribution in [3.8, 4) is 11.4 Å². The highest BCUT2D eigenvalue weighted by Gasteiger charge is 2.19. The van der Waals surface area contributed by atoms with Gasteiger partial charge in [-0.1, -0.05) is 22.0 Å². The van der Waals surface area contributed by atoms with E-state index in [0.29, 0.717) is 0 Å². The zero-order chi connectivity index (χ0) is 14.1. The van der Waals surface area contributed by atoms with E-state index < -0.39 is 0 Å². The molecule has 0 saturated heterocycles. The van der Waals surface area contributed by atoms with Crippen LogP contribution in [-0.2, 0) is 12.8 Å². The number of halogens is 1. The Morgan fingerprint density at radius 3 is 2.85 bits per heavy atom. The molecular weight excluding hydrogens is 314 g/mol. The van der Waals surface area contributed by atoms with Gasteiger partial charge in [0.25, 0.3) is 0 Å². The van der Waals surface area contributed by atoms with E-state index in [0.717, 1.165) is 41.1 Å². The molecule has 0 saturated carbocycles. The number of rotatable bonds is 3. The van der Waals surface area contributed by atoms with Crippen LogP contribution in [0.3, 0.4) is 0 Å². The lowest BCUT2D eigenvalue weighted by Crippen LogP contribution is -2.06. The van der Waals surface area contributed by atoms with E-state index >= 15 is 0 Å². The first-order valence-corrected chi connectivity index (χ1v) is 7.88. The van der Waals surface area contributed by atoms with Crippen molar-refractivity contribution in [1.29, 1.82) is 0 Å². The van der Waals surface area contributed by atoms with E-state index in [1.54, 1.807) is 0 Å². The van der Waals surface area contributed by atoms with Crippen molar-refractivity contribution < 1.29 is 0 Å². The standard InChI is InChI=1S/C16H18BrN3/c1-3-18-16-12-5-4-6-14(12)19-15(20-16)11-7-8-13(17)10(2)9-11/h7-9H,3-6H2,1-2H3,(H,18,19,20). The summed E-state index contributed by atoms with van der Waals surface area (Å²) in [6.45, 7) is 5.08. The van der Waals surface area contributed by atoms with E-state index in [2.05, 4.69) is 53.3 Å². The molecule has 1 N–H and O–H groups in total. The third-order valence-electron chi connectivity index (χ3n) is 3.69. The Hall–Kier alpha value is -1.42. The first kappa shape index (κ1) is 13.6. The number of aryl methyl sites for hydroxylation is 2. The maximum atomic E-state index is 4.77. The number of aromatic nitrogens is 2. The van der Waals surface area contributed by atoms with Crippen molar-refractivity contribution in [2.24, 2.45) is 0 Å². The number of anilines is 1. The fourth-order valence-electron chi connectivity index (χ4n) is 2.66. The van der Waals surface area contributed by atoms with Crippen molar-refractivity contribution in [3.63, 3.8) is 0 Å². The molecule has 1 heterocycles. The lowest BCUT2D eigenvalue weighted by atomic mass is 10.1. The van der Waals surface area contributed by atoms with Crippen LogP contribution < -0.4 is 5.32 Å². The van der Waals surface area contributed by atoms with E-state index in [9.17, 15) is 0 Å². The summed E-state index contributed by atoms with van der Waals surface area (Å²) >= 11 is 3.54. The maximum Gasteiger partial charge on any atom is 0.161 e. The van der Waals surface area contributed by atoms with Crippen molar-refractivity contribution >= 4 is 21.7 Å². The Balaban J connectivity index is 2.09. The smallest absolute Gasteiger partial charge is 0.161 e. The minimum atomic E-state index is 0.831. The molecule has 0 aliphatic heterocycles. The molecule has 104 valence electrons. The van der Waals surface area contributed by atoms with E-state index in [4.69, 9.17) is 9.97 Å². The SMILES string of the molecule is CCNc1nc(-c2ccc(Br)c(C)c2)nc2c1CCC2. The first-order chi connectivity index (χ1) is 9.69. The number of benzene rings is 1. The molecule has 0 fully saturated rings. The van der Waals surface area contributed by atoms with Crippen molar-refractivity contribution in [3.05, 3.63) is 39.5 Å².